The van der Waals surface area contributed by atoms with E-state index in [9.17, 15) is 4.79 Å². The Labute approximate surface area is 157 Å². The van der Waals surface area contributed by atoms with E-state index in [0.29, 0.717) is 5.56 Å². The Kier molecular flexibility index (Phi) is 5.28. The van der Waals surface area contributed by atoms with Crippen molar-refractivity contribution >= 4 is 27.5 Å². The van der Waals surface area contributed by atoms with Gasteiger partial charge in [-0.3, -0.25) is 4.79 Å². The van der Waals surface area contributed by atoms with Crippen LogP contribution in [0.15, 0.2) is 35.3 Å². The van der Waals surface area contributed by atoms with Gasteiger partial charge in [-0.2, -0.15) is 4.99 Å². The summed E-state index contributed by atoms with van der Waals surface area (Å²) in [6, 6.07) is 9.74. The number of methoxy groups -OCH3 is 1. The molecule has 3 aromatic rings. The van der Waals surface area contributed by atoms with Crippen LogP contribution in [0.2, 0.25) is 0 Å². The molecule has 0 saturated carbocycles. The van der Waals surface area contributed by atoms with Crippen molar-refractivity contribution in [2.75, 3.05) is 7.11 Å². The van der Waals surface area contributed by atoms with Crippen LogP contribution in [-0.2, 0) is 6.54 Å². The monoisotopic (exact) mass is 368 g/mol. The first-order valence-electron chi connectivity index (χ1n) is 8.79. The number of hydrogen-bond donors (Lipinski definition) is 0. The van der Waals surface area contributed by atoms with Gasteiger partial charge in [-0.1, -0.05) is 30.4 Å². The van der Waals surface area contributed by atoms with Gasteiger partial charge in [0.05, 0.1) is 11.8 Å². The SMILES string of the molecule is CCCn1c(=NC(=O)c2ccc(C)c(C)c2)sc2c(C)ccc(OC)c21. The van der Waals surface area contributed by atoms with Crippen LogP contribution in [0.4, 0.5) is 0 Å². The van der Waals surface area contributed by atoms with Crippen LogP contribution < -0.4 is 9.54 Å². The smallest absolute Gasteiger partial charge is 0.279 e. The van der Waals surface area contributed by atoms with Crippen LogP contribution in [0.5, 0.6) is 5.75 Å². The van der Waals surface area contributed by atoms with Crippen LogP contribution in [0.1, 0.15) is 40.4 Å². The van der Waals surface area contributed by atoms with E-state index in [2.05, 4.69) is 23.4 Å². The number of aryl methyl sites for hydroxylation is 4. The lowest BCUT2D eigenvalue weighted by Crippen LogP contribution is -2.17. The van der Waals surface area contributed by atoms with Gasteiger partial charge in [0.1, 0.15) is 11.3 Å². The summed E-state index contributed by atoms with van der Waals surface area (Å²) in [4.78, 5) is 17.9. The van der Waals surface area contributed by atoms with Crippen molar-refractivity contribution in [2.24, 2.45) is 4.99 Å². The summed E-state index contributed by atoms with van der Waals surface area (Å²) in [6.07, 6.45) is 0.952. The highest BCUT2D eigenvalue weighted by Crippen LogP contribution is 2.30. The molecule has 0 aliphatic heterocycles. The van der Waals surface area contributed by atoms with Crippen molar-refractivity contribution < 1.29 is 9.53 Å². The van der Waals surface area contributed by atoms with Crippen LogP contribution in [0.25, 0.3) is 10.2 Å². The molecular formula is C21H24N2O2S. The van der Waals surface area contributed by atoms with Crippen molar-refractivity contribution in [2.45, 2.75) is 40.7 Å². The van der Waals surface area contributed by atoms with E-state index in [-0.39, 0.29) is 5.91 Å². The van der Waals surface area contributed by atoms with Crippen molar-refractivity contribution in [3.63, 3.8) is 0 Å². The molecule has 4 nitrogen and oxygen atoms in total. The Bertz CT molecular complexity index is 1040. The topological polar surface area (TPSA) is 43.6 Å². The van der Waals surface area contributed by atoms with E-state index in [0.717, 1.165) is 44.9 Å². The highest BCUT2D eigenvalue weighted by Gasteiger charge is 2.14. The maximum Gasteiger partial charge on any atom is 0.279 e. The number of carbonyl (C=O) groups is 1. The summed E-state index contributed by atoms with van der Waals surface area (Å²) in [6.45, 7) is 9.03. The predicted molar refractivity (Wildman–Crippen MR) is 107 cm³/mol. The van der Waals surface area contributed by atoms with E-state index >= 15 is 0 Å². The van der Waals surface area contributed by atoms with Crippen molar-refractivity contribution in [3.05, 3.63) is 57.4 Å². The van der Waals surface area contributed by atoms with E-state index in [1.807, 2.05) is 44.2 Å². The molecule has 1 heterocycles. The lowest BCUT2D eigenvalue weighted by molar-refractivity contribution is 0.0997. The van der Waals surface area contributed by atoms with Gasteiger partial charge in [0.15, 0.2) is 4.80 Å². The molecule has 26 heavy (non-hydrogen) atoms. The molecule has 2 aromatic carbocycles. The Hall–Kier alpha value is -2.40. The number of amides is 1. The second-order valence-electron chi connectivity index (χ2n) is 6.51. The maximum absolute atomic E-state index is 12.7. The zero-order valence-corrected chi connectivity index (χ0v) is 16.7. The Morgan fingerprint density at radius 3 is 2.50 bits per heavy atom. The third-order valence-electron chi connectivity index (χ3n) is 4.60. The van der Waals surface area contributed by atoms with Gasteiger partial charge in [-0.05, 0) is 62.1 Å². The molecular weight excluding hydrogens is 344 g/mol. The fraction of sp³-hybridized carbons (Fsp3) is 0.333. The lowest BCUT2D eigenvalue weighted by atomic mass is 10.1. The summed E-state index contributed by atoms with van der Waals surface area (Å²) < 4.78 is 8.78. The van der Waals surface area contributed by atoms with Crippen LogP contribution in [-0.4, -0.2) is 17.6 Å². The first-order chi connectivity index (χ1) is 12.5. The number of carbonyl (C=O) groups excluding carboxylic acids is 1. The number of aromatic nitrogens is 1. The van der Waals surface area contributed by atoms with E-state index in [1.54, 1.807) is 18.4 Å². The molecule has 0 spiro atoms. The van der Waals surface area contributed by atoms with Crippen molar-refractivity contribution in [1.29, 1.82) is 0 Å². The number of thiazole rings is 1. The molecule has 1 aromatic heterocycles. The maximum atomic E-state index is 12.7. The molecule has 0 aliphatic rings. The lowest BCUT2D eigenvalue weighted by Gasteiger charge is -2.08. The minimum Gasteiger partial charge on any atom is -0.495 e. The van der Waals surface area contributed by atoms with Crippen LogP contribution in [0.3, 0.4) is 0 Å². The van der Waals surface area contributed by atoms with Crippen LogP contribution in [0, 0.1) is 20.8 Å². The van der Waals surface area contributed by atoms with E-state index < -0.39 is 0 Å². The minimum atomic E-state index is -0.207. The number of benzene rings is 2. The molecule has 0 radical (unpaired) electrons. The average Bonchev–Trinajstić information content (AvgIpc) is 2.97. The highest BCUT2D eigenvalue weighted by atomic mass is 32.1. The number of fused-ring (bicyclic) bond motifs is 1. The predicted octanol–water partition coefficient (Wildman–Crippen LogP) is 4.79. The van der Waals surface area contributed by atoms with Gasteiger partial charge in [0.2, 0.25) is 0 Å². The Balaban J connectivity index is 2.21. The molecule has 0 aliphatic carbocycles. The van der Waals surface area contributed by atoms with Gasteiger partial charge in [-0.25, -0.2) is 0 Å². The third-order valence-corrected chi connectivity index (χ3v) is 5.82. The van der Waals surface area contributed by atoms with Gasteiger partial charge < -0.3 is 9.30 Å². The second kappa shape index (κ2) is 7.46. The van der Waals surface area contributed by atoms with Crippen molar-refractivity contribution in [1.82, 2.24) is 4.57 Å². The molecule has 5 heteroatoms. The largest absolute Gasteiger partial charge is 0.495 e. The summed E-state index contributed by atoms with van der Waals surface area (Å²) in [5.41, 5.74) is 5.07. The summed E-state index contributed by atoms with van der Waals surface area (Å²) in [7, 11) is 1.68. The average molecular weight is 369 g/mol. The molecule has 3 rings (SSSR count). The van der Waals surface area contributed by atoms with E-state index in [1.165, 1.54) is 5.56 Å². The third kappa shape index (κ3) is 3.31. The van der Waals surface area contributed by atoms with Crippen molar-refractivity contribution in [3.8, 4) is 5.75 Å². The van der Waals surface area contributed by atoms with Crippen LogP contribution >= 0.6 is 11.3 Å². The molecule has 0 unspecified atom stereocenters. The molecule has 136 valence electrons. The summed E-state index contributed by atoms with van der Waals surface area (Å²) in [5.74, 6) is 0.608. The molecule has 0 fully saturated rings. The van der Waals surface area contributed by atoms with Gasteiger partial charge in [0.25, 0.3) is 5.91 Å². The normalized spacial score (nSPS) is 12.0. The quantitative estimate of drug-likeness (QED) is 0.665. The summed E-state index contributed by atoms with van der Waals surface area (Å²) in [5, 5.41) is 0. The number of hydrogen-bond acceptors (Lipinski definition) is 3. The molecule has 0 N–H and O–H groups in total. The first-order valence-corrected chi connectivity index (χ1v) is 9.61. The number of ether oxygens (including phenoxy) is 1. The Morgan fingerprint density at radius 1 is 1.12 bits per heavy atom. The molecule has 0 saturated heterocycles. The van der Waals surface area contributed by atoms with Gasteiger partial charge in [-0.15, -0.1) is 0 Å². The molecule has 1 amide bonds. The first kappa shape index (κ1) is 18.4. The summed E-state index contributed by atoms with van der Waals surface area (Å²) >= 11 is 1.55. The molecule has 0 bridgehead atoms. The number of nitrogens with zero attached hydrogens (tertiary/aromatic N) is 2. The zero-order chi connectivity index (χ0) is 18.8. The zero-order valence-electron chi connectivity index (χ0n) is 15.9. The fourth-order valence-electron chi connectivity index (χ4n) is 2.99. The number of rotatable bonds is 4. The standard InChI is InChI=1S/C21H24N2O2S/c1-6-11-23-18-17(25-5)10-8-14(3)19(18)26-21(23)22-20(24)16-9-7-13(2)15(4)12-16/h7-10,12H,6,11H2,1-5H3. The molecule has 0 atom stereocenters. The second-order valence-corrected chi connectivity index (χ2v) is 7.49. The minimum absolute atomic E-state index is 0.207. The van der Waals surface area contributed by atoms with Gasteiger partial charge >= 0.3 is 0 Å². The van der Waals surface area contributed by atoms with Gasteiger partial charge in [0, 0.05) is 12.1 Å². The Morgan fingerprint density at radius 2 is 1.85 bits per heavy atom. The highest BCUT2D eigenvalue weighted by molar-refractivity contribution is 7.16. The van der Waals surface area contributed by atoms with E-state index in [4.69, 9.17) is 4.74 Å². The fourth-order valence-corrected chi connectivity index (χ4v) is 4.13.